The van der Waals surface area contributed by atoms with Crippen molar-refractivity contribution in [1.29, 1.82) is 0 Å². The molecule has 1 amide bonds. The number of benzene rings is 1. The van der Waals surface area contributed by atoms with E-state index in [1.165, 1.54) is 43.6 Å². The monoisotopic (exact) mass is 485 g/mol. The molecule has 0 bridgehead atoms. The lowest BCUT2D eigenvalue weighted by Crippen LogP contribution is -2.23. The lowest BCUT2D eigenvalue weighted by Gasteiger charge is -2.14. The molecule has 3 rings (SSSR count). The number of nitrogens with zero attached hydrogens (tertiary/aromatic N) is 3. The molecule has 0 radical (unpaired) electrons. The smallest absolute Gasteiger partial charge is 0.244 e. The maximum absolute atomic E-state index is 12.4. The maximum Gasteiger partial charge on any atom is 0.244 e. The molecular weight excluding hydrogens is 466 g/mol. The number of thiophene rings is 1. The van der Waals surface area contributed by atoms with Gasteiger partial charge in [-0.1, -0.05) is 23.4 Å². The number of sulfonamides is 1. The average Bonchev–Trinajstić information content (AvgIpc) is 2.95. The van der Waals surface area contributed by atoms with Crippen LogP contribution in [0, 0.1) is 13.8 Å². The predicted molar refractivity (Wildman–Crippen MR) is 123 cm³/mol. The van der Waals surface area contributed by atoms with E-state index < -0.39 is 10.0 Å². The number of nitrogen functional groups attached to an aromatic ring is 1. The van der Waals surface area contributed by atoms with Gasteiger partial charge in [0.1, 0.15) is 15.5 Å². The van der Waals surface area contributed by atoms with Crippen LogP contribution in [0.5, 0.6) is 0 Å². The van der Waals surface area contributed by atoms with E-state index in [0.717, 1.165) is 36.7 Å². The fraction of sp³-hybridized carbons (Fsp3) is 0.278. The molecule has 0 aliphatic carbocycles. The highest BCUT2D eigenvalue weighted by Gasteiger charge is 2.21. The van der Waals surface area contributed by atoms with Crippen molar-refractivity contribution in [3.8, 4) is 0 Å². The lowest BCUT2D eigenvalue weighted by molar-refractivity contribution is -0.113. The van der Waals surface area contributed by atoms with Crippen LogP contribution < -0.4 is 11.1 Å². The van der Waals surface area contributed by atoms with Crippen molar-refractivity contribution in [3.05, 3.63) is 33.7 Å². The summed E-state index contributed by atoms with van der Waals surface area (Å²) in [5.41, 5.74) is 7.45. The Morgan fingerprint density at radius 1 is 1.30 bits per heavy atom. The Hall–Kier alpha value is -1.92. The second-order valence-corrected chi connectivity index (χ2v) is 11.3. The Bertz CT molecular complexity index is 1240. The minimum atomic E-state index is -3.74. The van der Waals surface area contributed by atoms with E-state index in [1.807, 2.05) is 13.8 Å². The van der Waals surface area contributed by atoms with Crippen LogP contribution in [0.25, 0.3) is 10.2 Å². The van der Waals surface area contributed by atoms with Crippen molar-refractivity contribution in [1.82, 2.24) is 14.3 Å². The van der Waals surface area contributed by atoms with Crippen molar-refractivity contribution in [2.24, 2.45) is 0 Å². The first-order valence-corrected chi connectivity index (χ1v) is 12.3. The van der Waals surface area contributed by atoms with E-state index in [9.17, 15) is 13.2 Å². The first kappa shape index (κ1) is 22.8. The second kappa shape index (κ2) is 8.67. The summed E-state index contributed by atoms with van der Waals surface area (Å²) in [7, 11) is -0.917. The quantitative estimate of drug-likeness (QED) is 0.405. The summed E-state index contributed by atoms with van der Waals surface area (Å²) >= 11 is 8.71. The molecule has 1 aromatic carbocycles. The maximum atomic E-state index is 12.4. The number of hydrogen-bond acceptors (Lipinski definition) is 8. The number of hydrogen-bond donors (Lipinski definition) is 2. The molecule has 0 fully saturated rings. The Morgan fingerprint density at radius 3 is 2.67 bits per heavy atom. The van der Waals surface area contributed by atoms with Gasteiger partial charge in [0.15, 0.2) is 5.16 Å². The average molecular weight is 486 g/mol. The van der Waals surface area contributed by atoms with E-state index in [0.29, 0.717) is 16.7 Å². The molecule has 0 saturated heterocycles. The van der Waals surface area contributed by atoms with Crippen LogP contribution >= 0.6 is 34.7 Å². The normalized spacial score (nSPS) is 11.9. The number of halogens is 1. The highest BCUT2D eigenvalue weighted by molar-refractivity contribution is 7.99. The lowest BCUT2D eigenvalue weighted by atomic mass is 10.2. The molecule has 8 nitrogen and oxygen atoms in total. The summed E-state index contributed by atoms with van der Waals surface area (Å²) in [6, 6.07) is 4.30. The molecule has 0 atom stereocenters. The fourth-order valence-corrected chi connectivity index (χ4v) is 5.77. The molecule has 0 spiro atoms. The van der Waals surface area contributed by atoms with Crippen LogP contribution in [0.15, 0.2) is 28.3 Å². The van der Waals surface area contributed by atoms with Gasteiger partial charge in [0.05, 0.1) is 16.2 Å². The third kappa shape index (κ3) is 4.54. The Labute approximate surface area is 187 Å². The Kier molecular flexibility index (Phi) is 6.58. The predicted octanol–water partition coefficient (Wildman–Crippen LogP) is 3.52. The molecule has 3 aromatic rings. The number of aryl methyl sites for hydroxylation is 2. The zero-order valence-corrected chi connectivity index (χ0v) is 19.9. The molecule has 2 heterocycles. The topological polar surface area (TPSA) is 118 Å². The number of thioether (sulfide) groups is 1. The van der Waals surface area contributed by atoms with Crippen LogP contribution in [0.2, 0.25) is 5.02 Å². The summed E-state index contributed by atoms with van der Waals surface area (Å²) in [6.07, 6.45) is 0. The highest BCUT2D eigenvalue weighted by atomic mass is 35.5. The van der Waals surface area contributed by atoms with Crippen LogP contribution in [0.4, 0.5) is 11.5 Å². The van der Waals surface area contributed by atoms with Gasteiger partial charge in [-0.3, -0.25) is 4.79 Å². The number of carbonyl (C=O) groups is 1. The molecule has 0 saturated carbocycles. The molecular formula is C18H20ClN5O3S3. The molecule has 3 N–H and O–H groups in total. The van der Waals surface area contributed by atoms with Crippen LogP contribution in [-0.2, 0) is 14.8 Å². The van der Waals surface area contributed by atoms with E-state index in [1.54, 1.807) is 0 Å². The van der Waals surface area contributed by atoms with Gasteiger partial charge in [-0.25, -0.2) is 22.7 Å². The van der Waals surface area contributed by atoms with Crippen molar-refractivity contribution < 1.29 is 13.2 Å². The third-order valence-electron chi connectivity index (χ3n) is 4.34. The molecule has 0 aliphatic rings. The van der Waals surface area contributed by atoms with Crippen molar-refractivity contribution in [2.75, 3.05) is 30.9 Å². The van der Waals surface area contributed by atoms with Crippen LogP contribution in [0.1, 0.15) is 10.4 Å². The summed E-state index contributed by atoms with van der Waals surface area (Å²) in [6.45, 7) is 3.98. The Morgan fingerprint density at radius 2 is 2.00 bits per heavy atom. The van der Waals surface area contributed by atoms with Gasteiger partial charge in [0.25, 0.3) is 0 Å². The number of amides is 1. The largest absolute Gasteiger partial charge is 0.383 e. The van der Waals surface area contributed by atoms with E-state index in [4.69, 9.17) is 17.3 Å². The van der Waals surface area contributed by atoms with Crippen LogP contribution in [-0.4, -0.2) is 48.4 Å². The zero-order valence-electron chi connectivity index (χ0n) is 16.7. The molecule has 160 valence electrons. The number of nitrogens with two attached hydrogens (primary N) is 1. The standard InChI is InChI=1S/C18H20ClN5O3S3/c1-9-10(2)29-17-15(9)16(20)22-18(23-17)28-8-14(25)21-11-5-6-12(19)13(7-11)30(26,27)24(3)4/h5-7H,8H2,1-4H3,(H,21,25)(H2,20,22,23). The SMILES string of the molecule is Cc1sc2nc(SCC(=O)Nc3ccc(Cl)c(S(=O)(=O)N(C)C)c3)nc(N)c2c1C. The highest BCUT2D eigenvalue weighted by Crippen LogP contribution is 2.33. The van der Waals surface area contributed by atoms with Gasteiger partial charge in [0.2, 0.25) is 15.9 Å². The van der Waals surface area contributed by atoms with Gasteiger partial charge in [-0.2, -0.15) is 0 Å². The minimum absolute atomic E-state index is 0.0344. The number of fused-ring (bicyclic) bond motifs is 1. The molecule has 2 aromatic heterocycles. The Balaban J connectivity index is 1.73. The van der Waals surface area contributed by atoms with E-state index in [2.05, 4.69) is 15.3 Å². The number of carbonyl (C=O) groups excluding carboxylic acids is 1. The molecule has 12 heteroatoms. The van der Waals surface area contributed by atoms with Gasteiger partial charge < -0.3 is 11.1 Å². The van der Waals surface area contributed by atoms with E-state index in [-0.39, 0.29) is 21.6 Å². The van der Waals surface area contributed by atoms with Crippen molar-refractivity contribution in [3.63, 3.8) is 0 Å². The van der Waals surface area contributed by atoms with E-state index >= 15 is 0 Å². The third-order valence-corrected chi connectivity index (χ3v) is 8.59. The van der Waals surface area contributed by atoms with Gasteiger partial charge in [-0.15, -0.1) is 11.3 Å². The molecule has 0 unspecified atom stereocenters. The summed E-state index contributed by atoms with van der Waals surface area (Å²) in [5.74, 6) is 0.0875. The minimum Gasteiger partial charge on any atom is -0.383 e. The van der Waals surface area contributed by atoms with Gasteiger partial charge in [-0.05, 0) is 37.6 Å². The summed E-state index contributed by atoms with van der Waals surface area (Å²) < 4.78 is 25.8. The fourth-order valence-electron chi connectivity index (χ4n) is 2.63. The van der Waals surface area contributed by atoms with Crippen molar-refractivity contribution >= 4 is 72.4 Å². The van der Waals surface area contributed by atoms with Crippen LogP contribution in [0.3, 0.4) is 0 Å². The first-order chi connectivity index (χ1) is 14.0. The summed E-state index contributed by atoms with van der Waals surface area (Å²) in [4.78, 5) is 23.0. The number of aromatic nitrogens is 2. The first-order valence-electron chi connectivity index (χ1n) is 8.68. The number of nitrogens with one attached hydrogen (secondary N) is 1. The molecule has 0 aliphatic heterocycles. The number of anilines is 2. The number of rotatable bonds is 6. The van der Waals surface area contributed by atoms with Gasteiger partial charge >= 0.3 is 0 Å². The zero-order chi connectivity index (χ0) is 22.2. The second-order valence-electron chi connectivity index (χ2n) is 6.62. The van der Waals surface area contributed by atoms with Gasteiger partial charge in [0, 0.05) is 24.7 Å². The van der Waals surface area contributed by atoms with Crippen molar-refractivity contribution in [2.45, 2.75) is 23.9 Å². The summed E-state index contributed by atoms with van der Waals surface area (Å²) in [5, 5.41) is 4.00. The molecule has 30 heavy (non-hydrogen) atoms.